The molecule has 15 heteroatoms. The molecule has 10 nitrogen and oxygen atoms in total. The molecule has 0 atom stereocenters. The number of alkyl halides is 3. The van der Waals surface area contributed by atoms with Crippen molar-refractivity contribution in [2.45, 2.75) is 51.9 Å². The summed E-state index contributed by atoms with van der Waals surface area (Å²) in [6.45, 7) is 6.44. The predicted molar refractivity (Wildman–Crippen MR) is 174 cm³/mol. The number of likely N-dealkylation sites (tertiary alicyclic amines) is 1. The van der Waals surface area contributed by atoms with Gasteiger partial charge in [-0.1, -0.05) is 17.7 Å². The van der Waals surface area contributed by atoms with Crippen LogP contribution >= 0.6 is 23.1 Å². The van der Waals surface area contributed by atoms with Gasteiger partial charge in [-0.25, -0.2) is 4.79 Å². The van der Waals surface area contributed by atoms with Gasteiger partial charge >= 0.3 is 12.3 Å². The van der Waals surface area contributed by atoms with Crippen molar-refractivity contribution in [3.8, 4) is 0 Å². The van der Waals surface area contributed by atoms with Crippen LogP contribution in [0, 0.1) is 5.92 Å². The Kier molecular flexibility index (Phi) is 9.92. The van der Waals surface area contributed by atoms with Gasteiger partial charge in [-0.15, -0.1) is 0 Å². The van der Waals surface area contributed by atoms with Crippen LogP contribution in [0.25, 0.3) is 10.2 Å². The summed E-state index contributed by atoms with van der Waals surface area (Å²) in [6, 6.07) is 11.0. The molecule has 1 saturated heterocycles. The number of rotatable bonds is 7. The highest BCUT2D eigenvalue weighted by Crippen LogP contribution is 2.34. The van der Waals surface area contributed by atoms with E-state index in [1.165, 1.54) is 18.3 Å². The second kappa shape index (κ2) is 13.7. The number of fused-ring (bicyclic) bond motifs is 1. The highest BCUT2D eigenvalue weighted by molar-refractivity contribution is 7.14. The Balaban J connectivity index is 1.20. The normalized spacial score (nSPS) is 14.1. The Morgan fingerprint density at radius 3 is 2.40 bits per heavy atom. The van der Waals surface area contributed by atoms with E-state index in [2.05, 4.69) is 25.3 Å². The maximum absolute atomic E-state index is 13.3. The third-order valence-electron chi connectivity index (χ3n) is 7.34. The number of nitrogens with zero attached hydrogens (tertiary/aromatic N) is 3. The number of carbonyl (C=O) groups is 3. The summed E-state index contributed by atoms with van der Waals surface area (Å²) < 4.78 is 49.1. The Morgan fingerprint density at radius 2 is 1.74 bits per heavy atom. The van der Waals surface area contributed by atoms with E-state index in [4.69, 9.17) is 16.3 Å². The van der Waals surface area contributed by atoms with Gasteiger partial charge in [0.05, 0.1) is 26.5 Å². The van der Waals surface area contributed by atoms with Crippen molar-refractivity contribution in [3.63, 3.8) is 0 Å². The first-order valence-corrected chi connectivity index (χ1v) is 15.9. The van der Waals surface area contributed by atoms with Crippen molar-refractivity contribution < 1.29 is 32.3 Å². The fourth-order valence-electron chi connectivity index (χ4n) is 4.93. The van der Waals surface area contributed by atoms with E-state index in [0.717, 1.165) is 23.7 Å². The molecule has 3 N–H and O–H groups in total. The molecule has 5 rings (SSSR count). The minimum absolute atomic E-state index is 0.139. The minimum atomic E-state index is -4.44. The molecule has 1 fully saturated rings. The maximum Gasteiger partial charge on any atom is 0.416 e. The zero-order valence-electron chi connectivity index (χ0n) is 25.7. The molecule has 0 radical (unpaired) electrons. The van der Waals surface area contributed by atoms with Gasteiger partial charge in [-0.2, -0.15) is 17.5 Å². The van der Waals surface area contributed by atoms with Crippen molar-refractivity contribution in [2.24, 2.45) is 5.92 Å². The number of nitrogens with one attached hydrogen (secondary N) is 3. The lowest BCUT2D eigenvalue weighted by atomic mass is 9.96. The fraction of sp³-hybridized carbons (Fsp3) is 0.344. The number of pyridine rings is 1. The second-order valence-electron chi connectivity index (χ2n) is 12.0. The molecular weight excluding hydrogens is 657 g/mol. The van der Waals surface area contributed by atoms with Gasteiger partial charge in [0.2, 0.25) is 5.91 Å². The van der Waals surface area contributed by atoms with Crippen molar-refractivity contribution in [3.05, 3.63) is 76.4 Å². The molecule has 3 amide bonds. The molecule has 248 valence electrons. The Hall–Kier alpha value is -4.43. The van der Waals surface area contributed by atoms with Gasteiger partial charge in [0.25, 0.3) is 5.91 Å². The van der Waals surface area contributed by atoms with Crippen LogP contribution in [-0.2, 0) is 22.3 Å². The summed E-state index contributed by atoms with van der Waals surface area (Å²) in [4.78, 5) is 44.5. The molecule has 0 bridgehead atoms. The number of piperidine rings is 1. The van der Waals surface area contributed by atoms with Crippen LogP contribution < -0.4 is 16.0 Å². The van der Waals surface area contributed by atoms with Gasteiger partial charge in [-0.3, -0.25) is 14.6 Å². The third-order valence-corrected chi connectivity index (χ3v) is 8.54. The molecule has 3 heterocycles. The van der Waals surface area contributed by atoms with Gasteiger partial charge < -0.3 is 25.6 Å². The number of anilines is 3. The molecule has 47 heavy (non-hydrogen) atoms. The van der Waals surface area contributed by atoms with Crippen LogP contribution in [0.2, 0.25) is 5.02 Å². The number of halogens is 4. The van der Waals surface area contributed by atoms with E-state index >= 15 is 0 Å². The molecule has 0 spiro atoms. The SMILES string of the molecule is CC(C)(C)OC(=O)N1CCC(C(=O)NCc2ccc(Cl)c(C(=O)Nc3ccnc4c(Nc5ccc(C(F)(F)F)cc5)nsc34)c2)CC1. The molecule has 0 unspecified atom stereocenters. The van der Waals surface area contributed by atoms with Crippen molar-refractivity contribution >= 4 is 68.5 Å². The highest BCUT2D eigenvalue weighted by atomic mass is 35.5. The van der Waals surface area contributed by atoms with Gasteiger partial charge in [0, 0.05) is 37.4 Å². The first kappa shape index (κ1) is 33.9. The Bertz CT molecular complexity index is 1780. The number of benzene rings is 2. The van der Waals surface area contributed by atoms with E-state index in [9.17, 15) is 27.6 Å². The van der Waals surface area contributed by atoms with Crippen LogP contribution in [0.3, 0.4) is 0 Å². The molecule has 2 aromatic heterocycles. The molecule has 2 aromatic carbocycles. The van der Waals surface area contributed by atoms with Gasteiger partial charge in [0.1, 0.15) is 11.1 Å². The predicted octanol–water partition coefficient (Wildman–Crippen LogP) is 7.62. The van der Waals surface area contributed by atoms with Crippen molar-refractivity contribution in [1.82, 2.24) is 19.6 Å². The summed E-state index contributed by atoms with van der Waals surface area (Å²) >= 11 is 7.44. The van der Waals surface area contributed by atoms with Crippen LogP contribution in [-0.4, -0.2) is 50.9 Å². The first-order valence-electron chi connectivity index (χ1n) is 14.7. The fourth-order valence-corrected chi connectivity index (χ4v) is 5.91. The first-order chi connectivity index (χ1) is 22.2. The lowest BCUT2D eigenvalue weighted by Crippen LogP contribution is -2.44. The summed E-state index contributed by atoms with van der Waals surface area (Å²) in [5, 5.41) is 8.95. The standard InChI is InChI=1S/C32H32ClF3N6O4S/c1-31(2,3)46-30(45)42-14-11-19(12-15-42)28(43)38-17-18-4-9-23(33)22(16-18)29(44)40-24-10-13-37-25-26(24)47-41-27(25)39-21-7-5-20(6-8-21)32(34,35)36/h4-10,13,16,19H,11-12,14-15,17H2,1-3H3,(H,38,43)(H,39,41)(H,37,40,44). The number of amides is 3. The monoisotopic (exact) mass is 688 g/mol. The summed E-state index contributed by atoms with van der Waals surface area (Å²) in [5.41, 5.74) is 0.743. The zero-order valence-corrected chi connectivity index (χ0v) is 27.3. The minimum Gasteiger partial charge on any atom is -0.444 e. The lowest BCUT2D eigenvalue weighted by molar-refractivity contribution is -0.137. The smallest absolute Gasteiger partial charge is 0.416 e. The number of carbonyl (C=O) groups excluding carboxylic acids is 3. The van der Waals surface area contributed by atoms with Gasteiger partial charge in [0.15, 0.2) is 5.82 Å². The lowest BCUT2D eigenvalue weighted by Gasteiger charge is -2.32. The van der Waals surface area contributed by atoms with E-state index in [-0.39, 0.29) is 35.0 Å². The number of hydrogen-bond donors (Lipinski definition) is 3. The topological polar surface area (TPSA) is 126 Å². The average Bonchev–Trinajstić information content (AvgIpc) is 3.43. The average molecular weight is 689 g/mol. The number of ether oxygens (including phenoxy) is 1. The van der Waals surface area contributed by atoms with Gasteiger partial charge in [-0.05, 0) is 93.2 Å². The Labute approximate surface area is 277 Å². The highest BCUT2D eigenvalue weighted by Gasteiger charge is 2.31. The Morgan fingerprint density at radius 1 is 1.04 bits per heavy atom. The van der Waals surface area contributed by atoms with E-state index < -0.39 is 23.2 Å². The van der Waals surface area contributed by atoms with Crippen LogP contribution in [0.5, 0.6) is 0 Å². The molecule has 1 aliphatic rings. The summed E-state index contributed by atoms with van der Waals surface area (Å²) in [7, 11) is 0. The van der Waals surface area contributed by atoms with Crippen LogP contribution in [0.1, 0.15) is 55.1 Å². The van der Waals surface area contributed by atoms with Crippen molar-refractivity contribution in [2.75, 3.05) is 23.7 Å². The zero-order chi connectivity index (χ0) is 33.9. The van der Waals surface area contributed by atoms with Crippen LogP contribution in [0.4, 0.5) is 35.2 Å². The molecular formula is C32H32ClF3N6O4S. The molecule has 0 saturated carbocycles. The van der Waals surface area contributed by atoms with E-state index in [1.807, 2.05) is 0 Å². The number of hydrogen-bond acceptors (Lipinski definition) is 8. The third kappa shape index (κ3) is 8.49. The summed E-state index contributed by atoms with van der Waals surface area (Å²) in [5.74, 6) is -0.557. The molecule has 0 aliphatic carbocycles. The number of aromatic nitrogens is 2. The van der Waals surface area contributed by atoms with E-state index in [0.29, 0.717) is 58.9 Å². The molecule has 4 aromatic rings. The van der Waals surface area contributed by atoms with E-state index in [1.54, 1.807) is 49.9 Å². The molecule has 1 aliphatic heterocycles. The maximum atomic E-state index is 13.3. The van der Waals surface area contributed by atoms with Crippen molar-refractivity contribution in [1.29, 1.82) is 0 Å². The largest absolute Gasteiger partial charge is 0.444 e. The summed E-state index contributed by atoms with van der Waals surface area (Å²) in [6.07, 6.45) is -2.32. The second-order valence-corrected chi connectivity index (χ2v) is 13.2. The quantitative estimate of drug-likeness (QED) is 0.182. The van der Waals surface area contributed by atoms with Crippen LogP contribution in [0.15, 0.2) is 54.7 Å².